The molecule has 7 heteroatoms. The summed E-state index contributed by atoms with van der Waals surface area (Å²) in [6.45, 7) is 6.66. The number of hydrogen-bond acceptors (Lipinski definition) is 5. The lowest BCUT2D eigenvalue weighted by Gasteiger charge is -2.45. The minimum absolute atomic E-state index is 0.0145. The molecule has 6 nitrogen and oxygen atoms in total. The lowest BCUT2D eigenvalue weighted by atomic mass is 9.69. The van der Waals surface area contributed by atoms with E-state index in [4.69, 9.17) is 9.05 Å². The Morgan fingerprint density at radius 1 is 1.21 bits per heavy atom. The highest BCUT2D eigenvalue weighted by Crippen LogP contribution is 2.53. The Hall–Kier alpha value is -0.890. The van der Waals surface area contributed by atoms with Gasteiger partial charge in [-0.05, 0) is 57.3 Å². The van der Waals surface area contributed by atoms with E-state index in [9.17, 15) is 14.6 Å². The first-order valence-corrected chi connectivity index (χ1v) is 10.7. The third-order valence-electron chi connectivity index (χ3n) is 5.27. The summed E-state index contributed by atoms with van der Waals surface area (Å²) in [5.74, 6) is 1.16. The van der Waals surface area contributed by atoms with Crippen molar-refractivity contribution in [2.24, 2.45) is 17.8 Å². The lowest BCUT2D eigenvalue weighted by Crippen LogP contribution is -2.50. The number of nitriles is 1. The van der Waals surface area contributed by atoms with Gasteiger partial charge in [-0.25, -0.2) is 0 Å². The van der Waals surface area contributed by atoms with Crippen molar-refractivity contribution in [2.45, 2.75) is 52.5 Å². The summed E-state index contributed by atoms with van der Waals surface area (Å²) in [4.78, 5) is 13.5. The van der Waals surface area contributed by atoms with Gasteiger partial charge in [0.2, 0.25) is 5.91 Å². The molecule has 1 heterocycles. The Bertz CT molecular complexity index is 523. The van der Waals surface area contributed by atoms with E-state index < -0.39 is 7.60 Å². The van der Waals surface area contributed by atoms with Crippen molar-refractivity contribution in [1.82, 2.24) is 4.90 Å². The van der Waals surface area contributed by atoms with Crippen molar-refractivity contribution in [1.29, 1.82) is 5.26 Å². The molecule has 0 aromatic carbocycles. The van der Waals surface area contributed by atoms with Crippen LogP contribution in [0.3, 0.4) is 0 Å². The summed E-state index contributed by atoms with van der Waals surface area (Å²) in [6, 6.07) is 1.95. The molecule has 1 aliphatic carbocycles. The molecule has 2 fully saturated rings. The molecule has 0 radical (unpaired) electrons. The van der Waals surface area contributed by atoms with E-state index in [0.29, 0.717) is 43.7 Å². The van der Waals surface area contributed by atoms with Gasteiger partial charge >= 0.3 is 7.60 Å². The second kappa shape index (κ2) is 8.47. The molecule has 0 bridgehead atoms. The molecule has 0 N–H and O–H groups in total. The molecule has 0 aromatic rings. The normalized spacial score (nSPS) is 30.5. The van der Waals surface area contributed by atoms with E-state index >= 15 is 0 Å². The molecule has 1 amide bonds. The third-order valence-corrected chi connectivity index (χ3v) is 7.54. The Morgan fingerprint density at radius 3 is 2.42 bits per heavy atom. The highest BCUT2D eigenvalue weighted by atomic mass is 31.2. The summed E-state index contributed by atoms with van der Waals surface area (Å²) in [6.07, 6.45) is 4.12. The fourth-order valence-corrected chi connectivity index (χ4v) is 6.27. The molecule has 2 rings (SSSR count). The van der Waals surface area contributed by atoms with Crippen molar-refractivity contribution in [3.05, 3.63) is 0 Å². The topological polar surface area (TPSA) is 79.6 Å². The van der Waals surface area contributed by atoms with Gasteiger partial charge in [0.25, 0.3) is 0 Å². The summed E-state index contributed by atoms with van der Waals surface area (Å²) >= 11 is 0. The number of amides is 1. The highest BCUT2D eigenvalue weighted by Gasteiger charge is 2.42. The quantitative estimate of drug-likeness (QED) is 0.681. The van der Waals surface area contributed by atoms with Crippen LogP contribution in [-0.2, 0) is 18.4 Å². The van der Waals surface area contributed by atoms with Crippen molar-refractivity contribution < 1.29 is 18.4 Å². The van der Waals surface area contributed by atoms with E-state index in [2.05, 4.69) is 6.07 Å². The van der Waals surface area contributed by atoms with Gasteiger partial charge in [-0.1, -0.05) is 0 Å². The van der Waals surface area contributed by atoms with E-state index in [1.807, 2.05) is 13.8 Å². The number of hydrogen-bond donors (Lipinski definition) is 0. The molecule has 24 heavy (non-hydrogen) atoms. The van der Waals surface area contributed by atoms with Crippen molar-refractivity contribution in [2.75, 3.05) is 25.9 Å². The van der Waals surface area contributed by atoms with E-state index in [1.165, 1.54) is 6.92 Å². The minimum Gasteiger partial charge on any atom is -0.327 e. The molecule has 136 valence electrons. The predicted octanol–water partition coefficient (Wildman–Crippen LogP) is 3.43. The average molecular weight is 356 g/mol. The largest absolute Gasteiger partial charge is 0.330 e. The standard InChI is InChI=1S/C17H29N2O4P/c1-4-22-24(21,23-5-2)12-14-6-7-15-11-19(13(3)20)17(10-18)9-16(15)8-14/h14-17H,4-9,11-12H2,1-3H3. The molecular weight excluding hydrogens is 327 g/mol. The predicted molar refractivity (Wildman–Crippen MR) is 91.5 cm³/mol. The van der Waals surface area contributed by atoms with Crippen molar-refractivity contribution >= 4 is 13.5 Å². The first-order valence-electron chi connectivity index (χ1n) is 8.97. The zero-order chi connectivity index (χ0) is 17.7. The Balaban J connectivity index is 2.00. The highest BCUT2D eigenvalue weighted by molar-refractivity contribution is 7.53. The molecule has 0 aromatic heterocycles. The van der Waals surface area contributed by atoms with Gasteiger partial charge in [-0.15, -0.1) is 0 Å². The molecule has 1 saturated heterocycles. The molecule has 1 aliphatic heterocycles. The number of carbonyl (C=O) groups excluding carboxylic acids is 1. The number of fused-ring (bicyclic) bond motifs is 1. The first kappa shape index (κ1) is 19.4. The summed E-state index contributed by atoms with van der Waals surface area (Å²) in [5.41, 5.74) is 0. The molecule has 4 unspecified atom stereocenters. The van der Waals surface area contributed by atoms with Gasteiger partial charge in [-0.3, -0.25) is 9.36 Å². The molecule has 0 spiro atoms. The zero-order valence-corrected chi connectivity index (χ0v) is 15.8. The second-order valence-electron chi connectivity index (χ2n) is 6.88. The van der Waals surface area contributed by atoms with Crippen LogP contribution in [-0.4, -0.2) is 42.8 Å². The number of nitrogens with zero attached hydrogens (tertiary/aromatic N) is 2. The average Bonchev–Trinajstić information content (AvgIpc) is 2.53. The van der Waals surface area contributed by atoms with E-state index in [-0.39, 0.29) is 11.9 Å². The molecule has 4 atom stereocenters. The van der Waals surface area contributed by atoms with Gasteiger partial charge in [-0.2, -0.15) is 5.26 Å². The van der Waals surface area contributed by atoms with Crippen LogP contribution >= 0.6 is 7.60 Å². The number of rotatable bonds is 6. The molecular formula is C17H29N2O4P. The van der Waals surface area contributed by atoms with Crippen LogP contribution in [0.2, 0.25) is 0 Å². The lowest BCUT2D eigenvalue weighted by molar-refractivity contribution is -0.134. The van der Waals surface area contributed by atoms with Crippen LogP contribution in [0.1, 0.15) is 46.5 Å². The zero-order valence-electron chi connectivity index (χ0n) is 14.9. The van der Waals surface area contributed by atoms with Gasteiger partial charge in [0.05, 0.1) is 25.4 Å². The monoisotopic (exact) mass is 356 g/mol. The number of piperidine rings is 1. The van der Waals surface area contributed by atoms with Crippen LogP contribution in [0.4, 0.5) is 0 Å². The maximum atomic E-state index is 12.8. The maximum Gasteiger partial charge on any atom is 0.330 e. The van der Waals surface area contributed by atoms with Gasteiger partial charge in [0.15, 0.2) is 0 Å². The molecule has 1 saturated carbocycles. The van der Waals surface area contributed by atoms with Gasteiger partial charge in [0.1, 0.15) is 6.04 Å². The summed E-state index contributed by atoms with van der Waals surface area (Å²) in [7, 11) is -3.01. The Labute approximate surface area is 145 Å². The van der Waals surface area contributed by atoms with Crippen LogP contribution < -0.4 is 0 Å². The van der Waals surface area contributed by atoms with Crippen LogP contribution in [0.5, 0.6) is 0 Å². The summed E-state index contributed by atoms with van der Waals surface area (Å²) < 4.78 is 23.6. The first-order chi connectivity index (χ1) is 11.4. The third kappa shape index (κ3) is 4.59. The Morgan fingerprint density at radius 2 is 1.88 bits per heavy atom. The van der Waals surface area contributed by atoms with Crippen LogP contribution in [0.25, 0.3) is 0 Å². The Kier molecular flexibility index (Phi) is 6.86. The molecule has 2 aliphatic rings. The van der Waals surface area contributed by atoms with Gasteiger partial charge in [0, 0.05) is 13.5 Å². The van der Waals surface area contributed by atoms with E-state index in [0.717, 1.165) is 25.7 Å². The minimum atomic E-state index is -3.01. The van der Waals surface area contributed by atoms with Gasteiger partial charge < -0.3 is 13.9 Å². The summed E-state index contributed by atoms with van der Waals surface area (Å²) in [5, 5.41) is 9.36. The van der Waals surface area contributed by atoms with E-state index in [1.54, 1.807) is 4.90 Å². The van der Waals surface area contributed by atoms with Crippen molar-refractivity contribution in [3.8, 4) is 6.07 Å². The van der Waals surface area contributed by atoms with Crippen molar-refractivity contribution in [3.63, 3.8) is 0 Å². The number of carbonyl (C=O) groups is 1. The maximum absolute atomic E-state index is 12.8. The fourth-order valence-electron chi connectivity index (χ4n) is 4.24. The van der Waals surface area contributed by atoms with Crippen LogP contribution in [0, 0.1) is 29.1 Å². The number of likely N-dealkylation sites (tertiary alicyclic amines) is 1. The second-order valence-corrected chi connectivity index (χ2v) is 8.98. The SMILES string of the molecule is CCOP(=O)(CC1CCC2CN(C(C)=O)C(C#N)CC2C1)OCC. The smallest absolute Gasteiger partial charge is 0.327 e. The van der Waals surface area contributed by atoms with Crippen LogP contribution in [0.15, 0.2) is 0 Å². The fraction of sp³-hybridized carbons (Fsp3) is 0.882.